The van der Waals surface area contributed by atoms with Crippen molar-refractivity contribution < 1.29 is 51.4 Å². The third kappa shape index (κ3) is 7.80. The maximum atomic E-state index is 15.1. The van der Waals surface area contributed by atoms with Gasteiger partial charge in [-0.3, -0.25) is 18.4 Å². The molecule has 21 heteroatoms. The van der Waals surface area contributed by atoms with Crippen LogP contribution in [0.4, 0.5) is 20.5 Å². The number of aromatic nitrogens is 4. The van der Waals surface area contributed by atoms with Crippen molar-refractivity contribution in [1.82, 2.24) is 24.2 Å². The minimum atomic E-state index is -4.63. The first-order chi connectivity index (χ1) is 22.1. The second-order valence-electron chi connectivity index (χ2n) is 10.3. The molecule has 1 saturated heterocycles. The van der Waals surface area contributed by atoms with Crippen LogP contribution in [-0.4, -0.2) is 73.0 Å². The Morgan fingerprint density at radius 3 is 2.64 bits per heavy atom. The monoisotopic (exact) mass is 687 g/mol. The van der Waals surface area contributed by atoms with Gasteiger partial charge in [-0.2, -0.15) is 13.8 Å². The molecule has 3 heterocycles. The standard InChI is InChI=1S/C26H32F2N7O11P/c1-14(22(37)45-15(2)17-11-30-24(33(17)3)35(39)40)32-47(41,43-12-16-7-5-6-8-18(16)42-4)44-13-19-21(36)26(27,28)23(46-19)34-10-9-20(29)31-25(34)38/h5-11,14-15,19,21,23,36H,12-13H2,1-4H3,(H,32,41)(H2,29,31,38)/t14-,15?,19+,21?,23+,47?/m0/s1. The van der Waals surface area contributed by atoms with E-state index in [1.54, 1.807) is 24.3 Å². The number of para-hydroxylation sites is 1. The van der Waals surface area contributed by atoms with Crippen molar-refractivity contribution >= 4 is 25.5 Å². The number of nitrogen functional groups attached to an aromatic ring is 1. The van der Waals surface area contributed by atoms with E-state index in [4.69, 9.17) is 29.0 Å². The van der Waals surface area contributed by atoms with Gasteiger partial charge in [0.1, 0.15) is 29.9 Å². The summed E-state index contributed by atoms with van der Waals surface area (Å²) in [4.78, 5) is 42.6. The molecular weight excluding hydrogens is 655 g/mol. The minimum Gasteiger partial charge on any atom is -0.496 e. The second-order valence-corrected chi connectivity index (χ2v) is 12.1. The summed E-state index contributed by atoms with van der Waals surface area (Å²) in [7, 11) is -1.89. The molecule has 1 aliphatic rings. The average molecular weight is 688 g/mol. The fraction of sp³-hybridized carbons (Fsp3) is 0.462. The van der Waals surface area contributed by atoms with Crippen LogP contribution in [0.3, 0.4) is 0 Å². The van der Waals surface area contributed by atoms with Crippen molar-refractivity contribution in [3.05, 3.63) is 74.6 Å². The number of ether oxygens (including phenoxy) is 3. The lowest BCUT2D eigenvalue weighted by Crippen LogP contribution is -2.42. The van der Waals surface area contributed by atoms with Gasteiger partial charge in [0.2, 0.25) is 6.23 Å². The van der Waals surface area contributed by atoms with Crippen LogP contribution in [0.2, 0.25) is 0 Å². The zero-order chi connectivity index (χ0) is 34.7. The number of benzene rings is 1. The number of hydrogen-bond donors (Lipinski definition) is 3. The third-order valence-corrected chi connectivity index (χ3v) is 8.71. The number of esters is 1. The van der Waals surface area contributed by atoms with E-state index in [0.29, 0.717) is 15.9 Å². The molecule has 1 aromatic carbocycles. The molecule has 0 amide bonds. The van der Waals surface area contributed by atoms with Gasteiger partial charge in [0, 0.05) is 11.8 Å². The van der Waals surface area contributed by atoms with Crippen LogP contribution < -0.4 is 21.2 Å². The fourth-order valence-electron chi connectivity index (χ4n) is 4.56. The van der Waals surface area contributed by atoms with E-state index in [0.717, 1.165) is 23.0 Å². The van der Waals surface area contributed by atoms with Crippen molar-refractivity contribution in [1.29, 1.82) is 0 Å². The molecule has 18 nitrogen and oxygen atoms in total. The molecule has 1 fully saturated rings. The van der Waals surface area contributed by atoms with Gasteiger partial charge in [0.15, 0.2) is 17.9 Å². The van der Waals surface area contributed by atoms with E-state index in [9.17, 15) is 29.4 Å². The normalized spacial score (nSPS) is 21.5. The molecule has 1 aliphatic heterocycles. The van der Waals surface area contributed by atoms with Crippen LogP contribution in [0.25, 0.3) is 0 Å². The summed E-state index contributed by atoms with van der Waals surface area (Å²) in [5, 5.41) is 23.9. The number of nitrogens with two attached hydrogens (primary N) is 1. The Kier molecular flexibility index (Phi) is 10.7. The lowest BCUT2D eigenvalue weighted by molar-refractivity contribution is -0.396. The van der Waals surface area contributed by atoms with Crippen molar-refractivity contribution in [2.75, 3.05) is 19.5 Å². The van der Waals surface area contributed by atoms with Gasteiger partial charge in [-0.1, -0.05) is 23.2 Å². The number of nitrogens with one attached hydrogen (secondary N) is 1. The molecule has 4 N–H and O–H groups in total. The Hall–Kier alpha value is -4.33. The average Bonchev–Trinajstić information content (AvgIpc) is 3.51. The predicted molar refractivity (Wildman–Crippen MR) is 156 cm³/mol. The van der Waals surface area contributed by atoms with Crippen LogP contribution in [0.5, 0.6) is 5.75 Å². The number of halogens is 2. The van der Waals surface area contributed by atoms with Gasteiger partial charge < -0.3 is 35.2 Å². The van der Waals surface area contributed by atoms with Crippen molar-refractivity contribution in [3.8, 4) is 5.75 Å². The number of imidazole rings is 1. The molecule has 6 atom stereocenters. The molecular formula is C26H32F2N7O11P. The van der Waals surface area contributed by atoms with Gasteiger partial charge in [0.25, 0.3) is 0 Å². The molecule has 3 aromatic rings. The predicted octanol–water partition coefficient (Wildman–Crippen LogP) is 1.99. The van der Waals surface area contributed by atoms with E-state index in [2.05, 4.69) is 15.1 Å². The summed E-state index contributed by atoms with van der Waals surface area (Å²) in [6.07, 6.45) is -5.66. The lowest BCUT2D eigenvalue weighted by atomic mass is 10.1. The highest BCUT2D eigenvalue weighted by molar-refractivity contribution is 7.51. The smallest absolute Gasteiger partial charge is 0.434 e. The highest BCUT2D eigenvalue weighted by atomic mass is 31.2. The number of carbonyl (C=O) groups excluding carboxylic acids is 1. The highest BCUT2D eigenvalue weighted by Crippen LogP contribution is 2.48. The number of nitrogens with zero attached hydrogens (tertiary/aromatic N) is 5. The first-order valence-corrected chi connectivity index (χ1v) is 15.3. The molecule has 47 heavy (non-hydrogen) atoms. The second kappa shape index (κ2) is 14.2. The van der Waals surface area contributed by atoms with Gasteiger partial charge in [-0.05, 0) is 30.9 Å². The number of anilines is 1. The van der Waals surface area contributed by atoms with Gasteiger partial charge in [-0.25, -0.2) is 19.0 Å². The molecule has 0 bridgehead atoms. The number of rotatable bonds is 14. The topological polar surface area (TPSA) is 234 Å². The van der Waals surface area contributed by atoms with Crippen molar-refractivity contribution in [3.63, 3.8) is 0 Å². The van der Waals surface area contributed by atoms with E-state index < -0.39 is 80.0 Å². The number of alkyl halides is 2. The minimum absolute atomic E-state index is 0.183. The van der Waals surface area contributed by atoms with Crippen molar-refractivity contribution in [2.45, 2.75) is 57.0 Å². The summed E-state index contributed by atoms with van der Waals surface area (Å²) in [6, 6.07) is 6.15. The quantitative estimate of drug-likeness (QED) is 0.0951. The number of aliphatic hydroxyl groups excluding tert-OH is 1. The molecule has 2 aromatic heterocycles. The Morgan fingerprint density at radius 1 is 1.30 bits per heavy atom. The first kappa shape index (κ1) is 35.5. The number of carbonyl (C=O) groups is 1. The van der Waals surface area contributed by atoms with Gasteiger partial charge in [0.05, 0.1) is 27.4 Å². The zero-order valence-corrected chi connectivity index (χ0v) is 26.3. The lowest BCUT2D eigenvalue weighted by Gasteiger charge is -2.25. The Bertz CT molecular complexity index is 1720. The van der Waals surface area contributed by atoms with Gasteiger partial charge >= 0.3 is 31.3 Å². The van der Waals surface area contributed by atoms with Crippen LogP contribution in [0, 0.1) is 10.1 Å². The number of nitro groups is 1. The molecule has 256 valence electrons. The van der Waals surface area contributed by atoms with Crippen LogP contribution in [0.1, 0.15) is 37.4 Å². The maximum Gasteiger partial charge on any atom is 0.434 e. The maximum absolute atomic E-state index is 15.1. The van der Waals surface area contributed by atoms with Crippen molar-refractivity contribution in [2.24, 2.45) is 7.05 Å². The summed E-state index contributed by atoms with van der Waals surface area (Å²) in [5.74, 6) is -5.39. The Labute approximate surface area is 265 Å². The van der Waals surface area contributed by atoms with Crippen LogP contribution in [0.15, 0.2) is 47.5 Å². The molecule has 3 unspecified atom stereocenters. The van der Waals surface area contributed by atoms with Crippen LogP contribution >= 0.6 is 7.75 Å². The SMILES string of the molecule is COc1ccccc1COP(=O)(N[C@@H](C)C(=O)OC(C)c1cnc([N+](=O)[O-])n1C)OC[C@H]1O[C@@H](n2ccc(N)nc2=O)C(F)(F)C1O. The Morgan fingerprint density at radius 2 is 2.00 bits per heavy atom. The third-order valence-electron chi connectivity index (χ3n) is 7.05. The summed E-state index contributed by atoms with van der Waals surface area (Å²) in [6.45, 7) is 1.30. The molecule has 0 aliphatic carbocycles. The first-order valence-electron chi connectivity index (χ1n) is 13.8. The Balaban J connectivity index is 1.52. The zero-order valence-electron chi connectivity index (χ0n) is 25.4. The molecule has 4 rings (SSSR count). The molecule has 0 saturated carbocycles. The summed E-state index contributed by atoms with van der Waals surface area (Å²) < 4.78 is 72.5. The van der Waals surface area contributed by atoms with E-state index >= 15 is 8.78 Å². The summed E-state index contributed by atoms with van der Waals surface area (Å²) in [5.41, 5.74) is 4.84. The largest absolute Gasteiger partial charge is 0.496 e. The molecule has 0 radical (unpaired) electrons. The number of methoxy groups -OCH3 is 1. The van der Waals surface area contributed by atoms with Gasteiger partial charge in [-0.15, -0.1) is 0 Å². The highest BCUT2D eigenvalue weighted by Gasteiger charge is 2.60. The molecule has 0 spiro atoms. The van der Waals surface area contributed by atoms with E-state index in [-0.39, 0.29) is 11.5 Å². The van der Waals surface area contributed by atoms with E-state index in [1.165, 1.54) is 28.0 Å². The number of hydrogen-bond acceptors (Lipinski definition) is 14. The summed E-state index contributed by atoms with van der Waals surface area (Å²) >= 11 is 0. The fourth-order valence-corrected chi connectivity index (χ4v) is 6.01. The van der Waals surface area contributed by atoms with Crippen LogP contribution in [-0.2, 0) is 41.5 Å². The van der Waals surface area contributed by atoms with E-state index in [1.807, 2.05) is 0 Å². The number of aliphatic hydroxyl groups is 1.